The Balaban J connectivity index is 1.75. The zero-order valence-corrected chi connectivity index (χ0v) is 15.6. The predicted octanol–water partition coefficient (Wildman–Crippen LogP) is 4.51. The lowest BCUT2D eigenvalue weighted by molar-refractivity contribution is 0.0304. The number of benzene rings is 2. The summed E-state index contributed by atoms with van der Waals surface area (Å²) in [5.41, 5.74) is 1.48. The highest BCUT2D eigenvalue weighted by molar-refractivity contribution is 7.99. The van der Waals surface area contributed by atoms with Crippen LogP contribution in [0.5, 0.6) is 0 Å². The van der Waals surface area contributed by atoms with E-state index in [1.807, 2.05) is 59.5 Å². The van der Waals surface area contributed by atoms with Gasteiger partial charge >= 0.3 is 0 Å². The third-order valence-electron chi connectivity index (χ3n) is 4.27. The van der Waals surface area contributed by atoms with Crippen LogP contribution in [0.15, 0.2) is 64.5 Å². The molecule has 2 aromatic carbocycles. The van der Waals surface area contributed by atoms with Gasteiger partial charge in [-0.05, 0) is 24.3 Å². The van der Waals surface area contributed by atoms with Crippen molar-refractivity contribution in [2.24, 2.45) is 0 Å². The van der Waals surface area contributed by atoms with Gasteiger partial charge in [-0.2, -0.15) is 0 Å². The van der Waals surface area contributed by atoms with E-state index >= 15 is 0 Å². The molecule has 0 spiro atoms. The molecule has 1 aliphatic rings. The number of hydrogen-bond acceptors (Lipinski definition) is 4. The highest BCUT2D eigenvalue weighted by atomic mass is 35.5. The molecule has 0 atom stereocenters. The van der Waals surface area contributed by atoms with Crippen LogP contribution in [0.25, 0.3) is 10.9 Å². The fraction of sp³-hybridized carbons (Fsp3) is 0.200. The second-order valence-electron chi connectivity index (χ2n) is 5.96. The van der Waals surface area contributed by atoms with Gasteiger partial charge in [0, 0.05) is 23.4 Å². The number of amides is 1. The van der Waals surface area contributed by atoms with Crippen LogP contribution in [0.4, 0.5) is 0 Å². The molecule has 1 aliphatic heterocycles. The number of hydrogen-bond donors (Lipinski definition) is 0. The fourth-order valence-electron chi connectivity index (χ4n) is 2.96. The summed E-state index contributed by atoms with van der Waals surface area (Å²) in [4.78, 5) is 20.6. The smallest absolute Gasteiger partial charge is 0.254 e. The SMILES string of the molecule is O=C(c1cc(Sc2ccccc2Cl)nc2ccccc12)N1CCOCC1. The maximum absolute atomic E-state index is 13.1. The van der Waals surface area contributed by atoms with E-state index in [-0.39, 0.29) is 5.91 Å². The lowest BCUT2D eigenvalue weighted by Crippen LogP contribution is -2.40. The zero-order valence-electron chi connectivity index (χ0n) is 14.0. The van der Waals surface area contributed by atoms with Gasteiger partial charge in [0.15, 0.2) is 0 Å². The van der Waals surface area contributed by atoms with Crippen LogP contribution in [0.1, 0.15) is 10.4 Å². The van der Waals surface area contributed by atoms with Crippen molar-refractivity contribution in [3.8, 4) is 0 Å². The van der Waals surface area contributed by atoms with E-state index in [2.05, 4.69) is 0 Å². The van der Waals surface area contributed by atoms with E-state index in [9.17, 15) is 4.79 Å². The first-order valence-corrected chi connectivity index (χ1v) is 9.61. The van der Waals surface area contributed by atoms with Gasteiger partial charge in [0.2, 0.25) is 0 Å². The van der Waals surface area contributed by atoms with Gasteiger partial charge in [-0.3, -0.25) is 4.79 Å². The standard InChI is InChI=1S/C20H17ClN2O2S/c21-16-6-2-4-8-18(16)26-19-13-15(14-5-1-3-7-17(14)22-19)20(24)23-9-11-25-12-10-23/h1-8,13H,9-12H2. The van der Waals surface area contributed by atoms with Crippen molar-refractivity contribution < 1.29 is 9.53 Å². The summed E-state index contributed by atoms with van der Waals surface area (Å²) in [6, 6.07) is 17.3. The zero-order chi connectivity index (χ0) is 17.9. The number of rotatable bonds is 3. The molecule has 0 aliphatic carbocycles. The molecule has 0 N–H and O–H groups in total. The number of halogens is 1. The Hall–Kier alpha value is -2.08. The van der Waals surface area contributed by atoms with E-state index in [0.717, 1.165) is 20.8 Å². The Morgan fingerprint density at radius 1 is 1.08 bits per heavy atom. The molecule has 4 rings (SSSR count). The minimum Gasteiger partial charge on any atom is -0.378 e. The van der Waals surface area contributed by atoms with Gasteiger partial charge in [-0.25, -0.2) is 4.98 Å². The Morgan fingerprint density at radius 3 is 2.62 bits per heavy atom. The molecule has 4 nitrogen and oxygen atoms in total. The number of morpholine rings is 1. The number of carbonyl (C=O) groups is 1. The molecule has 6 heteroatoms. The molecule has 132 valence electrons. The minimum absolute atomic E-state index is 0.0212. The Morgan fingerprint density at radius 2 is 1.81 bits per heavy atom. The van der Waals surface area contributed by atoms with Gasteiger partial charge in [-0.15, -0.1) is 0 Å². The van der Waals surface area contributed by atoms with E-state index in [4.69, 9.17) is 21.3 Å². The number of pyridine rings is 1. The molecule has 0 bridgehead atoms. The van der Waals surface area contributed by atoms with Crippen LogP contribution >= 0.6 is 23.4 Å². The quantitative estimate of drug-likeness (QED) is 0.666. The summed E-state index contributed by atoms with van der Waals surface area (Å²) in [5.74, 6) is 0.0212. The maximum Gasteiger partial charge on any atom is 0.254 e. The van der Waals surface area contributed by atoms with Crippen molar-refractivity contribution >= 4 is 40.2 Å². The molecular formula is C20H17ClN2O2S. The minimum atomic E-state index is 0.0212. The average Bonchev–Trinajstić information content (AvgIpc) is 2.69. The number of para-hydroxylation sites is 1. The highest BCUT2D eigenvalue weighted by Gasteiger charge is 2.21. The molecule has 1 fully saturated rings. The molecule has 0 radical (unpaired) electrons. The summed E-state index contributed by atoms with van der Waals surface area (Å²) >= 11 is 7.75. The number of carbonyl (C=O) groups excluding carboxylic acids is 1. The molecule has 3 aromatic rings. The first-order chi connectivity index (χ1) is 12.7. The van der Waals surface area contributed by atoms with Crippen LogP contribution in [-0.4, -0.2) is 42.1 Å². The van der Waals surface area contributed by atoms with Crippen molar-refractivity contribution in [1.82, 2.24) is 9.88 Å². The summed E-state index contributed by atoms with van der Waals surface area (Å²) in [7, 11) is 0. The Bertz CT molecular complexity index is 957. The molecule has 26 heavy (non-hydrogen) atoms. The predicted molar refractivity (Wildman–Crippen MR) is 104 cm³/mol. The molecule has 1 saturated heterocycles. The van der Waals surface area contributed by atoms with Crippen LogP contribution in [0.2, 0.25) is 5.02 Å². The Kier molecular flexibility index (Phi) is 5.11. The summed E-state index contributed by atoms with van der Waals surface area (Å²) in [6.45, 7) is 2.39. The van der Waals surface area contributed by atoms with Gasteiger partial charge in [0.05, 0.1) is 29.3 Å². The molecule has 1 amide bonds. The summed E-state index contributed by atoms with van der Waals surface area (Å²) < 4.78 is 5.36. The van der Waals surface area contributed by atoms with Crippen molar-refractivity contribution in [3.05, 3.63) is 65.2 Å². The second-order valence-corrected chi connectivity index (χ2v) is 7.43. The number of fused-ring (bicyclic) bond motifs is 1. The first-order valence-electron chi connectivity index (χ1n) is 8.41. The molecule has 0 unspecified atom stereocenters. The molecular weight excluding hydrogens is 368 g/mol. The molecule has 1 aromatic heterocycles. The molecule has 2 heterocycles. The lowest BCUT2D eigenvalue weighted by atomic mass is 10.1. The van der Waals surface area contributed by atoms with Gasteiger partial charge in [0.25, 0.3) is 5.91 Å². The number of ether oxygens (including phenoxy) is 1. The van der Waals surface area contributed by atoms with E-state index in [0.29, 0.717) is 36.9 Å². The fourth-order valence-corrected chi connectivity index (χ4v) is 4.07. The second kappa shape index (κ2) is 7.66. The van der Waals surface area contributed by atoms with E-state index < -0.39 is 0 Å². The van der Waals surface area contributed by atoms with Crippen molar-refractivity contribution in [2.45, 2.75) is 9.92 Å². The van der Waals surface area contributed by atoms with Gasteiger partial charge in [-0.1, -0.05) is 53.7 Å². The third kappa shape index (κ3) is 3.56. The topological polar surface area (TPSA) is 42.4 Å². The largest absolute Gasteiger partial charge is 0.378 e. The third-order valence-corrected chi connectivity index (χ3v) is 5.71. The summed E-state index contributed by atoms with van der Waals surface area (Å²) in [5, 5.41) is 2.30. The average molecular weight is 385 g/mol. The van der Waals surface area contributed by atoms with Crippen molar-refractivity contribution in [2.75, 3.05) is 26.3 Å². The highest BCUT2D eigenvalue weighted by Crippen LogP contribution is 2.34. The van der Waals surface area contributed by atoms with Crippen molar-refractivity contribution in [1.29, 1.82) is 0 Å². The molecule has 0 saturated carbocycles. The van der Waals surface area contributed by atoms with Crippen LogP contribution in [0, 0.1) is 0 Å². The number of aromatic nitrogens is 1. The van der Waals surface area contributed by atoms with Gasteiger partial charge < -0.3 is 9.64 Å². The Labute approximate surface area is 161 Å². The normalized spacial score (nSPS) is 14.6. The monoisotopic (exact) mass is 384 g/mol. The van der Waals surface area contributed by atoms with Gasteiger partial charge in [0.1, 0.15) is 5.03 Å². The van der Waals surface area contributed by atoms with Crippen LogP contribution in [0.3, 0.4) is 0 Å². The van der Waals surface area contributed by atoms with Crippen molar-refractivity contribution in [3.63, 3.8) is 0 Å². The summed E-state index contributed by atoms with van der Waals surface area (Å²) in [6.07, 6.45) is 0. The number of nitrogens with zero attached hydrogens (tertiary/aromatic N) is 2. The maximum atomic E-state index is 13.1. The van der Waals surface area contributed by atoms with E-state index in [1.165, 1.54) is 11.8 Å². The lowest BCUT2D eigenvalue weighted by Gasteiger charge is -2.27. The first kappa shape index (κ1) is 17.3. The van der Waals surface area contributed by atoms with Crippen LogP contribution in [-0.2, 0) is 4.74 Å². The van der Waals surface area contributed by atoms with Crippen LogP contribution < -0.4 is 0 Å². The van der Waals surface area contributed by atoms with E-state index in [1.54, 1.807) is 0 Å².